The van der Waals surface area contributed by atoms with Crippen molar-refractivity contribution in [1.82, 2.24) is 9.88 Å². The van der Waals surface area contributed by atoms with E-state index in [2.05, 4.69) is 10.3 Å². The smallest absolute Gasteiger partial charge is 0.370 e. The summed E-state index contributed by atoms with van der Waals surface area (Å²) in [6.07, 6.45) is 0.956. The molecule has 1 saturated heterocycles. The van der Waals surface area contributed by atoms with Gasteiger partial charge in [0.1, 0.15) is 0 Å². The predicted molar refractivity (Wildman–Crippen MR) is 105 cm³/mol. The van der Waals surface area contributed by atoms with Crippen molar-refractivity contribution in [3.8, 4) is 0 Å². The van der Waals surface area contributed by atoms with E-state index in [1.165, 1.54) is 6.07 Å². The van der Waals surface area contributed by atoms with Gasteiger partial charge in [-0.25, -0.2) is 4.79 Å². The Balaban J connectivity index is 1.59. The van der Waals surface area contributed by atoms with Crippen LogP contribution in [0.15, 0.2) is 42.6 Å². The van der Waals surface area contributed by atoms with E-state index in [1.807, 2.05) is 17.0 Å². The van der Waals surface area contributed by atoms with E-state index in [-0.39, 0.29) is 11.7 Å². The first-order chi connectivity index (χ1) is 13.9. The molecule has 0 radical (unpaired) electrons. The lowest BCUT2D eigenvalue weighted by Gasteiger charge is -2.26. The first-order valence-electron chi connectivity index (χ1n) is 9.85. The fourth-order valence-corrected chi connectivity index (χ4v) is 3.65. The number of hydrogen-bond acceptors (Lipinski definition) is 3. The van der Waals surface area contributed by atoms with E-state index in [4.69, 9.17) is 0 Å². The van der Waals surface area contributed by atoms with E-state index in [9.17, 15) is 18.0 Å². The molecule has 1 saturated carbocycles. The third kappa shape index (κ3) is 4.63. The Morgan fingerprint density at radius 2 is 1.93 bits per heavy atom. The number of nitrogens with zero attached hydrogens (tertiary/aromatic N) is 3. The largest absolute Gasteiger partial charge is 0.416 e. The third-order valence-corrected chi connectivity index (χ3v) is 5.32. The average molecular weight is 404 g/mol. The Bertz CT molecular complexity index is 862. The van der Waals surface area contributed by atoms with Crippen LogP contribution in [0.4, 0.5) is 29.3 Å². The highest BCUT2D eigenvalue weighted by molar-refractivity contribution is 5.94. The van der Waals surface area contributed by atoms with Gasteiger partial charge in [-0.1, -0.05) is 6.07 Å². The maximum Gasteiger partial charge on any atom is 0.416 e. The number of pyridine rings is 1. The summed E-state index contributed by atoms with van der Waals surface area (Å²) in [4.78, 5) is 21.0. The van der Waals surface area contributed by atoms with Crippen molar-refractivity contribution in [3.63, 3.8) is 0 Å². The van der Waals surface area contributed by atoms with Crippen molar-refractivity contribution >= 4 is 17.4 Å². The second kappa shape index (κ2) is 7.93. The Morgan fingerprint density at radius 1 is 1.17 bits per heavy atom. The summed E-state index contributed by atoms with van der Waals surface area (Å²) in [7, 11) is 0. The lowest BCUT2D eigenvalue weighted by Crippen LogP contribution is -2.37. The van der Waals surface area contributed by atoms with Crippen LogP contribution < -0.4 is 10.2 Å². The molecule has 5 nitrogen and oxygen atoms in total. The standard InChI is InChI=1S/C21H23F3N4O/c22-21(23,24)15-6-9-19(27-11-3-4-12-27)18(13-15)26-20(29)28(17-7-8-17)14-16-5-1-2-10-25-16/h1-2,5-6,9-10,13,17H,3-4,7-8,11-12,14H2,(H,26,29). The van der Waals surface area contributed by atoms with Crippen molar-refractivity contribution < 1.29 is 18.0 Å². The normalized spacial score (nSPS) is 16.7. The molecule has 1 aliphatic heterocycles. The lowest BCUT2D eigenvalue weighted by molar-refractivity contribution is -0.137. The van der Waals surface area contributed by atoms with Gasteiger partial charge in [0.25, 0.3) is 0 Å². The van der Waals surface area contributed by atoms with Gasteiger partial charge in [-0.15, -0.1) is 0 Å². The van der Waals surface area contributed by atoms with Crippen molar-refractivity contribution in [3.05, 3.63) is 53.9 Å². The van der Waals surface area contributed by atoms with Crippen LogP contribution >= 0.6 is 0 Å². The zero-order valence-electron chi connectivity index (χ0n) is 16.0. The third-order valence-electron chi connectivity index (χ3n) is 5.32. The molecule has 8 heteroatoms. The highest BCUT2D eigenvalue weighted by Gasteiger charge is 2.35. The van der Waals surface area contributed by atoms with Crippen LogP contribution in [0.3, 0.4) is 0 Å². The average Bonchev–Trinajstić information content (AvgIpc) is 3.39. The van der Waals surface area contributed by atoms with Crippen LogP contribution in [-0.2, 0) is 12.7 Å². The van der Waals surface area contributed by atoms with Crippen LogP contribution in [0.5, 0.6) is 0 Å². The molecule has 4 rings (SSSR count). The highest BCUT2D eigenvalue weighted by Crippen LogP contribution is 2.37. The number of alkyl halides is 3. The zero-order chi connectivity index (χ0) is 20.4. The van der Waals surface area contributed by atoms with Crippen LogP contribution in [0.1, 0.15) is 36.9 Å². The zero-order valence-corrected chi connectivity index (χ0v) is 16.0. The molecule has 0 bridgehead atoms. The summed E-state index contributed by atoms with van der Waals surface area (Å²) in [6.45, 7) is 1.87. The van der Waals surface area contributed by atoms with Gasteiger partial charge >= 0.3 is 12.2 Å². The predicted octanol–water partition coefficient (Wildman–Crippen LogP) is 4.90. The summed E-state index contributed by atoms with van der Waals surface area (Å²) in [5.41, 5.74) is 0.827. The molecule has 2 aliphatic rings. The van der Waals surface area contributed by atoms with E-state index in [0.717, 1.165) is 56.6 Å². The molecule has 1 aliphatic carbocycles. The van der Waals surface area contributed by atoms with Crippen molar-refractivity contribution in [2.75, 3.05) is 23.3 Å². The summed E-state index contributed by atoms with van der Waals surface area (Å²) >= 11 is 0. The summed E-state index contributed by atoms with van der Waals surface area (Å²) in [5.74, 6) is 0. The first kappa shape index (κ1) is 19.5. The number of hydrogen-bond donors (Lipinski definition) is 1. The minimum Gasteiger partial charge on any atom is -0.370 e. The molecule has 2 aromatic rings. The van der Waals surface area contributed by atoms with E-state index >= 15 is 0 Å². The Labute approximate surface area is 167 Å². The van der Waals surface area contributed by atoms with Crippen molar-refractivity contribution in [2.45, 2.75) is 44.4 Å². The number of carbonyl (C=O) groups excluding carboxylic acids is 1. The van der Waals surface area contributed by atoms with Crippen LogP contribution in [0, 0.1) is 0 Å². The number of halogens is 3. The van der Waals surface area contributed by atoms with Gasteiger partial charge in [0.2, 0.25) is 0 Å². The minimum absolute atomic E-state index is 0.0954. The molecule has 1 aromatic carbocycles. The van der Waals surface area contributed by atoms with Crippen LogP contribution in [0.25, 0.3) is 0 Å². The maximum atomic E-state index is 13.3. The second-order valence-electron chi connectivity index (χ2n) is 7.53. The van der Waals surface area contributed by atoms with Gasteiger partial charge in [-0.3, -0.25) is 4.98 Å². The SMILES string of the molecule is O=C(Nc1cc(C(F)(F)F)ccc1N1CCCC1)N(Cc1ccccn1)C1CC1. The maximum absolute atomic E-state index is 13.3. The van der Waals surface area contributed by atoms with Gasteiger partial charge in [0.15, 0.2) is 0 Å². The van der Waals surface area contributed by atoms with Gasteiger partial charge < -0.3 is 15.1 Å². The molecule has 1 aromatic heterocycles. The number of rotatable bonds is 5. The number of amides is 2. The number of nitrogens with one attached hydrogen (secondary N) is 1. The molecular weight excluding hydrogens is 381 g/mol. The van der Waals surface area contributed by atoms with Gasteiger partial charge in [0, 0.05) is 25.3 Å². The van der Waals surface area contributed by atoms with E-state index in [1.54, 1.807) is 17.2 Å². The minimum atomic E-state index is -4.47. The first-order valence-corrected chi connectivity index (χ1v) is 9.85. The molecule has 29 heavy (non-hydrogen) atoms. The van der Waals surface area contributed by atoms with Gasteiger partial charge in [0.05, 0.1) is 29.2 Å². The summed E-state index contributed by atoms with van der Waals surface area (Å²) < 4.78 is 39.8. The quantitative estimate of drug-likeness (QED) is 0.771. The van der Waals surface area contributed by atoms with Gasteiger partial charge in [-0.2, -0.15) is 13.2 Å². The fraction of sp³-hybridized carbons (Fsp3) is 0.429. The second-order valence-corrected chi connectivity index (χ2v) is 7.53. The summed E-state index contributed by atoms with van der Waals surface area (Å²) in [6, 6.07) is 8.77. The number of benzene rings is 1. The summed E-state index contributed by atoms with van der Waals surface area (Å²) in [5, 5.41) is 2.76. The van der Waals surface area contributed by atoms with Crippen LogP contribution in [-0.4, -0.2) is 35.0 Å². The molecular formula is C21H23F3N4O. The van der Waals surface area contributed by atoms with E-state index < -0.39 is 17.8 Å². The molecule has 154 valence electrons. The topological polar surface area (TPSA) is 48.5 Å². The number of aromatic nitrogens is 1. The Morgan fingerprint density at radius 3 is 2.55 bits per heavy atom. The highest BCUT2D eigenvalue weighted by atomic mass is 19.4. The lowest BCUT2D eigenvalue weighted by atomic mass is 10.1. The van der Waals surface area contributed by atoms with E-state index in [0.29, 0.717) is 12.2 Å². The molecule has 0 unspecified atom stereocenters. The number of carbonyl (C=O) groups is 1. The Hall–Kier alpha value is -2.77. The Kier molecular flexibility index (Phi) is 5.34. The molecule has 0 atom stereocenters. The van der Waals surface area contributed by atoms with Crippen molar-refractivity contribution in [1.29, 1.82) is 0 Å². The van der Waals surface area contributed by atoms with Crippen molar-refractivity contribution in [2.24, 2.45) is 0 Å². The van der Waals surface area contributed by atoms with Crippen LogP contribution in [0.2, 0.25) is 0 Å². The number of anilines is 2. The number of urea groups is 1. The fourth-order valence-electron chi connectivity index (χ4n) is 3.65. The molecule has 2 fully saturated rings. The molecule has 0 spiro atoms. The monoisotopic (exact) mass is 404 g/mol. The molecule has 1 N–H and O–H groups in total. The molecule has 2 amide bonds. The molecule has 2 heterocycles. The van der Waals surface area contributed by atoms with Gasteiger partial charge in [-0.05, 0) is 56.0 Å².